The number of aryl methyl sites for hydroxylation is 1. The Hall–Kier alpha value is -1.97. The van der Waals surface area contributed by atoms with Crippen LogP contribution in [0.25, 0.3) is 0 Å². The van der Waals surface area contributed by atoms with Gasteiger partial charge in [0.2, 0.25) is 0 Å². The van der Waals surface area contributed by atoms with E-state index in [-0.39, 0.29) is 5.75 Å². The van der Waals surface area contributed by atoms with Crippen molar-refractivity contribution in [3.05, 3.63) is 59.7 Å². The quantitative estimate of drug-likeness (QED) is 0.745. The standard InChI is InChI=1S/C14H11F3O/c1-10-6-2-4-8-12(10)18-13-9-5-3-7-11(13)14(15,16)17/h2-9H,1H3. The Kier molecular flexibility index (Phi) is 3.28. The number of alkyl halides is 3. The molecule has 0 aliphatic heterocycles. The number of halogens is 3. The monoisotopic (exact) mass is 252 g/mol. The summed E-state index contributed by atoms with van der Waals surface area (Å²) in [6, 6.07) is 12.1. The zero-order valence-electron chi connectivity index (χ0n) is 9.66. The highest BCUT2D eigenvalue weighted by molar-refractivity contribution is 5.41. The molecule has 0 saturated carbocycles. The van der Waals surface area contributed by atoms with Crippen molar-refractivity contribution in [1.29, 1.82) is 0 Å². The summed E-state index contributed by atoms with van der Waals surface area (Å²) in [5.41, 5.74) is 0.0164. The van der Waals surface area contributed by atoms with E-state index in [2.05, 4.69) is 0 Å². The molecule has 0 spiro atoms. The number of benzene rings is 2. The van der Waals surface area contributed by atoms with E-state index < -0.39 is 11.7 Å². The minimum absolute atomic E-state index is 0.181. The Labute approximate surface area is 103 Å². The first-order valence-electron chi connectivity index (χ1n) is 5.38. The van der Waals surface area contributed by atoms with Gasteiger partial charge in [-0.25, -0.2) is 0 Å². The number of hydrogen-bond acceptors (Lipinski definition) is 1. The molecular weight excluding hydrogens is 241 g/mol. The van der Waals surface area contributed by atoms with E-state index in [1.54, 1.807) is 31.2 Å². The van der Waals surface area contributed by atoms with Gasteiger partial charge in [-0.05, 0) is 30.7 Å². The summed E-state index contributed by atoms with van der Waals surface area (Å²) in [4.78, 5) is 0. The molecule has 0 N–H and O–H groups in total. The second-order valence-corrected chi connectivity index (χ2v) is 3.86. The average Bonchev–Trinajstić information content (AvgIpc) is 2.31. The van der Waals surface area contributed by atoms with Crippen LogP contribution in [0.4, 0.5) is 13.2 Å². The summed E-state index contributed by atoms with van der Waals surface area (Å²) in [6.45, 7) is 1.78. The second-order valence-electron chi connectivity index (χ2n) is 3.86. The van der Waals surface area contributed by atoms with Crippen molar-refractivity contribution in [2.24, 2.45) is 0 Å². The summed E-state index contributed by atoms with van der Waals surface area (Å²) in [6.07, 6.45) is -4.42. The fourth-order valence-corrected chi connectivity index (χ4v) is 1.58. The van der Waals surface area contributed by atoms with Crippen molar-refractivity contribution < 1.29 is 17.9 Å². The van der Waals surface area contributed by atoms with Crippen molar-refractivity contribution in [1.82, 2.24) is 0 Å². The molecule has 0 amide bonds. The molecule has 0 aliphatic rings. The van der Waals surface area contributed by atoms with Crippen LogP contribution in [-0.2, 0) is 6.18 Å². The third-order valence-corrected chi connectivity index (χ3v) is 2.51. The molecule has 0 radical (unpaired) electrons. The molecule has 2 aromatic rings. The van der Waals surface area contributed by atoms with Gasteiger partial charge in [0.15, 0.2) is 0 Å². The molecular formula is C14H11F3O. The number of rotatable bonds is 2. The fourth-order valence-electron chi connectivity index (χ4n) is 1.58. The lowest BCUT2D eigenvalue weighted by Crippen LogP contribution is -2.06. The van der Waals surface area contributed by atoms with Crippen molar-refractivity contribution in [2.45, 2.75) is 13.1 Å². The van der Waals surface area contributed by atoms with Crippen LogP contribution in [0, 0.1) is 6.92 Å². The maximum atomic E-state index is 12.8. The summed E-state index contributed by atoms with van der Waals surface area (Å²) >= 11 is 0. The van der Waals surface area contributed by atoms with Crippen molar-refractivity contribution in [3.8, 4) is 11.5 Å². The zero-order valence-corrected chi connectivity index (χ0v) is 9.66. The molecule has 0 aromatic heterocycles. The molecule has 0 unspecified atom stereocenters. The van der Waals surface area contributed by atoms with Gasteiger partial charge >= 0.3 is 6.18 Å². The van der Waals surface area contributed by atoms with Gasteiger partial charge in [-0.1, -0.05) is 30.3 Å². The van der Waals surface area contributed by atoms with Gasteiger partial charge in [0, 0.05) is 0 Å². The maximum Gasteiger partial charge on any atom is 0.419 e. The molecule has 0 atom stereocenters. The van der Waals surface area contributed by atoms with Crippen molar-refractivity contribution in [2.75, 3.05) is 0 Å². The average molecular weight is 252 g/mol. The van der Waals surface area contributed by atoms with Gasteiger partial charge in [0.05, 0.1) is 5.56 Å². The Morgan fingerprint density at radius 2 is 1.39 bits per heavy atom. The smallest absolute Gasteiger partial charge is 0.419 e. The third kappa shape index (κ3) is 2.64. The molecule has 18 heavy (non-hydrogen) atoms. The molecule has 1 nitrogen and oxygen atoms in total. The van der Waals surface area contributed by atoms with Gasteiger partial charge in [-0.2, -0.15) is 13.2 Å². The summed E-state index contributed by atoms with van der Waals surface area (Å²) in [5, 5.41) is 0. The Morgan fingerprint density at radius 1 is 0.833 bits per heavy atom. The summed E-state index contributed by atoms with van der Waals surface area (Å²) in [5.74, 6) is 0.244. The van der Waals surface area contributed by atoms with Crippen LogP contribution >= 0.6 is 0 Å². The van der Waals surface area contributed by atoms with E-state index in [9.17, 15) is 13.2 Å². The molecule has 0 aliphatic carbocycles. The minimum atomic E-state index is -4.42. The molecule has 0 bridgehead atoms. The Bertz CT molecular complexity index is 547. The van der Waals surface area contributed by atoms with Gasteiger partial charge in [0.1, 0.15) is 11.5 Å². The first-order valence-corrected chi connectivity index (χ1v) is 5.38. The molecule has 2 aromatic carbocycles. The normalized spacial score (nSPS) is 11.3. The highest BCUT2D eigenvalue weighted by atomic mass is 19.4. The molecule has 0 saturated heterocycles. The van der Waals surface area contributed by atoms with Crippen LogP contribution in [0.2, 0.25) is 0 Å². The maximum absolute atomic E-state index is 12.8. The topological polar surface area (TPSA) is 9.23 Å². The van der Waals surface area contributed by atoms with Crippen LogP contribution in [0.3, 0.4) is 0 Å². The molecule has 4 heteroatoms. The van der Waals surface area contributed by atoms with E-state index in [0.717, 1.165) is 11.6 Å². The molecule has 0 heterocycles. The van der Waals surface area contributed by atoms with Crippen LogP contribution in [0.15, 0.2) is 48.5 Å². The van der Waals surface area contributed by atoms with E-state index in [0.29, 0.717) is 5.75 Å². The number of hydrogen-bond donors (Lipinski definition) is 0. The lowest BCUT2D eigenvalue weighted by atomic mass is 10.2. The molecule has 2 rings (SSSR count). The van der Waals surface area contributed by atoms with Gasteiger partial charge in [-0.15, -0.1) is 0 Å². The van der Waals surface area contributed by atoms with Crippen LogP contribution < -0.4 is 4.74 Å². The lowest BCUT2D eigenvalue weighted by Gasteiger charge is -2.14. The fraction of sp³-hybridized carbons (Fsp3) is 0.143. The van der Waals surface area contributed by atoms with E-state index in [1.165, 1.54) is 18.2 Å². The van der Waals surface area contributed by atoms with Crippen LogP contribution in [0.5, 0.6) is 11.5 Å². The number of para-hydroxylation sites is 2. The Morgan fingerprint density at radius 3 is 2.00 bits per heavy atom. The third-order valence-electron chi connectivity index (χ3n) is 2.51. The van der Waals surface area contributed by atoms with E-state index >= 15 is 0 Å². The summed E-state index contributed by atoms with van der Waals surface area (Å²) < 4.78 is 43.7. The summed E-state index contributed by atoms with van der Waals surface area (Å²) in [7, 11) is 0. The van der Waals surface area contributed by atoms with Gasteiger partial charge in [0.25, 0.3) is 0 Å². The first-order chi connectivity index (χ1) is 8.48. The lowest BCUT2D eigenvalue weighted by molar-refractivity contribution is -0.138. The van der Waals surface area contributed by atoms with Gasteiger partial charge in [-0.3, -0.25) is 0 Å². The van der Waals surface area contributed by atoms with E-state index in [1.807, 2.05) is 0 Å². The molecule has 0 fully saturated rings. The minimum Gasteiger partial charge on any atom is -0.456 e. The van der Waals surface area contributed by atoms with E-state index in [4.69, 9.17) is 4.74 Å². The predicted octanol–water partition coefficient (Wildman–Crippen LogP) is 4.81. The highest BCUT2D eigenvalue weighted by Crippen LogP contribution is 2.38. The zero-order chi connectivity index (χ0) is 13.2. The SMILES string of the molecule is Cc1ccccc1Oc1ccccc1C(F)(F)F. The Balaban J connectivity index is 2.39. The van der Waals surface area contributed by atoms with Gasteiger partial charge < -0.3 is 4.74 Å². The van der Waals surface area contributed by atoms with Crippen LogP contribution in [0.1, 0.15) is 11.1 Å². The van der Waals surface area contributed by atoms with Crippen molar-refractivity contribution in [3.63, 3.8) is 0 Å². The highest BCUT2D eigenvalue weighted by Gasteiger charge is 2.34. The largest absolute Gasteiger partial charge is 0.456 e. The predicted molar refractivity (Wildman–Crippen MR) is 62.7 cm³/mol. The first kappa shape index (κ1) is 12.5. The van der Waals surface area contributed by atoms with Crippen molar-refractivity contribution >= 4 is 0 Å². The molecule has 94 valence electrons. The van der Waals surface area contributed by atoms with Crippen LogP contribution in [-0.4, -0.2) is 0 Å². The number of ether oxygens (including phenoxy) is 1. The second kappa shape index (κ2) is 4.72.